The molecule has 32 heavy (non-hydrogen) atoms. The Bertz CT molecular complexity index is 677. The van der Waals surface area contributed by atoms with Crippen molar-refractivity contribution in [1.29, 1.82) is 0 Å². The highest BCUT2D eigenvalue weighted by Gasteiger charge is 2.14. The minimum Gasteiger partial charge on any atom is -0.491 e. The summed E-state index contributed by atoms with van der Waals surface area (Å²) in [6.45, 7) is 7.28. The number of hydrogen-bond donors (Lipinski definition) is 2. The van der Waals surface area contributed by atoms with Crippen LogP contribution in [0.2, 0.25) is 0 Å². The third kappa shape index (κ3) is 11.9. The van der Waals surface area contributed by atoms with Gasteiger partial charge < -0.3 is 29.7 Å². The molecule has 1 aromatic carbocycles. The Morgan fingerprint density at radius 3 is 2.66 bits per heavy atom. The average Bonchev–Trinajstić information content (AvgIpc) is 3.24. The van der Waals surface area contributed by atoms with Crippen LogP contribution in [0.5, 0.6) is 5.75 Å². The summed E-state index contributed by atoms with van der Waals surface area (Å²) in [6, 6.07) is 7.75. The van der Waals surface area contributed by atoms with E-state index in [9.17, 15) is 4.79 Å². The predicted molar refractivity (Wildman–Crippen MR) is 139 cm³/mol. The van der Waals surface area contributed by atoms with Crippen LogP contribution < -0.4 is 15.4 Å². The highest BCUT2D eigenvalue weighted by Crippen LogP contribution is 2.17. The number of amides is 1. The normalized spacial score (nSPS) is 15.9. The number of nitrogens with zero attached hydrogens (tertiary/aromatic N) is 2. The molecular weight excluding hydrogens is 523 g/mol. The lowest BCUT2D eigenvalue weighted by atomic mass is 10.2. The molecule has 2 N–H and O–H groups in total. The van der Waals surface area contributed by atoms with Gasteiger partial charge in [-0.1, -0.05) is 0 Å². The van der Waals surface area contributed by atoms with Crippen LogP contribution in [0.1, 0.15) is 39.5 Å². The fourth-order valence-corrected chi connectivity index (χ4v) is 3.02. The fourth-order valence-electron chi connectivity index (χ4n) is 3.02. The molecule has 0 bridgehead atoms. The van der Waals surface area contributed by atoms with Gasteiger partial charge in [0, 0.05) is 52.5 Å². The van der Waals surface area contributed by atoms with Crippen molar-refractivity contribution in [3.8, 4) is 5.75 Å². The number of hydrogen-bond acceptors (Lipinski definition) is 5. The van der Waals surface area contributed by atoms with Crippen LogP contribution in [-0.2, 0) is 14.3 Å². The van der Waals surface area contributed by atoms with Gasteiger partial charge in [-0.2, -0.15) is 0 Å². The van der Waals surface area contributed by atoms with E-state index in [0.717, 1.165) is 37.3 Å². The Hall–Kier alpha value is -1.59. The van der Waals surface area contributed by atoms with Crippen LogP contribution in [0.15, 0.2) is 29.3 Å². The summed E-state index contributed by atoms with van der Waals surface area (Å²) in [4.78, 5) is 18.1. The average molecular weight is 562 g/mol. The first-order valence-corrected chi connectivity index (χ1v) is 11.2. The minimum atomic E-state index is 0. The Kier molecular flexibility index (Phi) is 14.3. The highest BCUT2D eigenvalue weighted by atomic mass is 127. The number of carbonyl (C=O) groups excluding carboxylic acids is 1. The second-order valence-electron chi connectivity index (χ2n) is 8.07. The molecule has 2 rings (SSSR count). The number of benzene rings is 1. The van der Waals surface area contributed by atoms with Crippen LogP contribution >= 0.6 is 24.0 Å². The summed E-state index contributed by atoms with van der Waals surface area (Å²) in [6.07, 6.45) is 3.81. The summed E-state index contributed by atoms with van der Waals surface area (Å²) in [5, 5.41) is 6.53. The maximum absolute atomic E-state index is 11.8. The maximum Gasteiger partial charge on any atom is 0.223 e. The highest BCUT2D eigenvalue weighted by molar-refractivity contribution is 14.0. The summed E-state index contributed by atoms with van der Waals surface area (Å²) >= 11 is 0. The minimum absolute atomic E-state index is 0. The maximum atomic E-state index is 11.8. The standard InChI is InChI=1S/C23H38N4O4.HI/c1-18(2)31-20-10-8-19(9-11-20)26-23(25-14-12-22(28)27(3)4)24-13-6-15-29-17-21-7-5-16-30-21;/h8-11,18,21H,5-7,12-17H2,1-4H3,(H2,24,25,26);1H. The van der Waals surface area contributed by atoms with Gasteiger partial charge in [-0.15, -0.1) is 24.0 Å². The molecule has 1 aliphatic heterocycles. The summed E-state index contributed by atoms with van der Waals surface area (Å²) in [5.41, 5.74) is 0.899. The zero-order chi connectivity index (χ0) is 22.5. The lowest BCUT2D eigenvalue weighted by Crippen LogP contribution is -2.34. The monoisotopic (exact) mass is 562 g/mol. The molecule has 1 heterocycles. The van der Waals surface area contributed by atoms with Gasteiger partial charge in [0.2, 0.25) is 5.91 Å². The smallest absolute Gasteiger partial charge is 0.223 e. The molecule has 0 spiro atoms. The first-order valence-electron chi connectivity index (χ1n) is 11.2. The van der Waals surface area contributed by atoms with Gasteiger partial charge in [0.15, 0.2) is 5.96 Å². The number of halogens is 1. The molecule has 1 aliphatic rings. The molecule has 1 saturated heterocycles. The first-order chi connectivity index (χ1) is 14.9. The van der Waals surface area contributed by atoms with Gasteiger partial charge in [0.05, 0.1) is 18.8 Å². The van der Waals surface area contributed by atoms with Crippen molar-refractivity contribution in [3.63, 3.8) is 0 Å². The van der Waals surface area contributed by atoms with Gasteiger partial charge in [-0.25, -0.2) is 0 Å². The third-order valence-corrected chi connectivity index (χ3v) is 4.66. The molecular formula is C23H39IN4O4. The van der Waals surface area contributed by atoms with Crippen molar-refractivity contribution in [2.75, 3.05) is 52.3 Å². The number of guanidine groups is 1. The van der Waals surface area contributed by atoms with Crippen LogP contribution in [0.4, 0.5) is 5.69 Å². The van der Waals surface area contributed by atoms with Gasteiger partial charge >= 0.3 is 0 Å². The molecule has 1 fully saturated rings. The van der Waals surface area contributed by atoms with Crippen molar-refractivity contribution >= 4 is 41.5 Å². The van der Waals surface area contributed by atoms with Crippen molar-refractivity contribution in [2.24, 2.45) is 4.99 Å². The molecule has 0 aromatic heterocycles. The van der Waals surface area contributed by atoms with E-state index in [0.29, 0.717) is 38.7 Å². The number of nitrogens with one attached hydrogen (secondary N) is 2. The molecule has 0 radical (unpaired) electrons. The zero-order valence-corrected chi connectivity index (χ0v) is 22.1. The van der Waals surface area contributed by atoms with Crippen molar-refractivity contribution in [3.05, 3.63) is 24.3 Å². The Balaban J connectivity index is 0.00000512. The lowest BCUT2D eigenvalue weighted by molar-refractivity contribution is -0.128. The SMILES string of the molecule is CC(C)Oc1ccc(NC(=NCCCOCC2CCCO2)NCCC(=O)N(C)C)cc1.I. The number of anilines is 1. The molecule has 0 saturated carbocycles. The molecule has 182 valence electrons. The Morgan fingerprint density at radius 2 is 2.03 bits per heavy atom. The van der Waals surface area contributed by atoms with E-state index in [1.807, 2.05) is 38.1 Å². The molecule has 0 aliphatic carbocycles. The summed E-state index contributed by atoms with van der Waals surface area (Å²) in [5.74, 6) is 1.54. The van der Waals surface area contributed by atoms with Crippen LogP contribution in [0.3, 0.4) is 0 Å². The van der Waals surface area contributed by atoms with Crippen LogP contribution in [0, 0.1) is 0 Å². The predicted octanol–water partition coefficient (Wildman–Crippen LogP) is 3.51. The Morgan fingerprint density at radius 1 is 1.28 bits per heavy atom. The van der Waals surface area contributed by atoms with Crippen molar-refractivity contribution < 1.29 is 19.0 Å². The van der Waals surface area contributed by atoms with E-state index in [2.05, 4.69) is 15.6 Å². The second kappa shape index (κ2) is 16.1. The third-order valence-electron chi connectivity index (χ3n) is 4.66. The quantitative estimate of drug-likeness (QED) is 0.176. The van der Waals surface area contributed by atoms with E-state index in [1.54, 1.807) is 19.0 Å². The topological polar surface area (TPSA) is 84.4 Å². The van der Waals surface area contributed by atoms with E-state index >= 15 is 0 Å². The van der Waals surface area contributed by atoms with Crippen molar-refractivity contribution in [2.45, 2.75) is 51.7 Å². The summed E-state index contributed by atoms with van der Waals surface area (Å²) in [7, 11) is 3.51. The second-order valence-corrected chi connectivity index (χ2v) is 8.07. The number of carbonyl (C=O) groups is 1. The molecule has 1 atom stereocenters. The van der Waals surface area contributed by atoms with E-state index in [4.69, 9.17) is 14.2 Å². The molecule has 9 heteroatoms. The van der Waals surface area contributed by atoms with E-state index in [-0.39, 0.29) is 42.1 Å². The molecule has 1 amide bonds. The molecule has 1 unspecified atom stereocenters. The molecule has 8 nitrogen and oxygen atoms in total. The van der Waals surface area contributed by atoms with Crippen LogP contribution in [-0.4, -0.2) is 76.0 Å². The lowest BCUT2D eigenvalue weighted by Gasteiger charge is -2.15. The van der Waals surface area contributed by atoms with Gasteiger partial charge in [0.1, 0.15) is 5.75 Å². The van der Waals surface area contributed by atoms with Gasteiger partial charge in [-0.3, -0.25) is 9.79 Å². The van der Waals surface area contributed by atoms with E-state index < -0.39 is 0 Å². The Labute approximate surface area is 209 Å². The fraction of sp³-hybridized carbons (Fsp3) is 0.652. The number of ether oxygens (including phenoxy) is 3. The zero-order valence-electron chi connectivity index (χ0n) is 19.8. The first kappa shape index (κ1) is 28.4. The molecule has 1 aromatic rings. The van der Waals surface area contributed by atoms with E-state index in [1.165, 1.54) is 0 Å². The van der Waals surface area contributed by atoms with Gasteiger partial charge in [-0.05, 0) is 57.4 Å². The van der Waals surface area contributed by atoms with Crippen LogP contribution in [0.25, 0.3) is 0 Å². The van der Waals surface area contributed by atoms with Gasteiger partial charge in [0.25, 0.3) is 0 Å². The summed E-state index contributed by atoms with van der Waals surface area (Å²) < 4.78 is 17.0. The largest absolute Gasteiger partial charge is 0.491 e. The number of rotatable bonds is 12. The van der Waals surface area contributed by atoms with Crippen molar-refractivity contribution in [1.82, 2.24) is 10.2 Å². The number of aliphatic imine (C=N–C) groups is 1.